The number of furan rings is 1. The molecule has 1 N–H and O–H groups in total. The van der Waals surface area contributed by atoms with E-state index in [4.69, 9.17) is 9.52 Å². The molecule has 0 fully saturated rings. The number of hydrogen-bond donors (Lipinski definition) is 1. The summed E-state index contributed by atoms with van der Waals surface area (Å²) in [5.74, 6) is -0.983. The Labute approximate surface area is 85.0 Å². The van der Waals surface area contributed by atoms with Crippen molar-refractivity contribution in [1.82, 2.24) is 0 Å². The number of aryl methyl sites for hydroxylation is 2. The van der Waals surface area contributed by atoms with Gasteiger partial charge in [0.15, 0.2) is 0 Å². The van der Waals surface area contributed by atoms with Crippen molar-refractivity contribution < 1.29 is 14.3 Å². The highest BCUT2D eigenvalue weighted by atomic mass is 32.1. The summed E-state index contributed by atoms with van der Waals surface area (Å²) in [6.45, 7) is 4.04. The smallest absolute Gasteiger partial charge is 0.371 e. The Balaban J connectivity index is 2.64. The molecule has 0 atom stereocenters. The second-order valence-electron chi connectivity index (χ2n) is 3.11. The number of hydrogen-bond acceptors (Lipinski definition) is 3. The van der Waals surface area contributed by atoms with Crippen LogP contribution >= 0.6 is 11.3 Å². The molecule has 0 aliphatic rings. The maximum Gasteiger partial charge on any atom is 0.371 e. The molecule has 0 amide bonds. The molecule has 0 saturated heterocycles. The summed E-state index contributed by atoms with van der Waals surface area (Å²) in [7, 11) is 0. The highest BCUT2D eigenvalue weighted by molar-refractivity contribution is 7.19. The van der Waals surface area contributed by atoms with E-state index in [0.717, 1.165) is 22.3 Å². The Bertz CT molecular complexity index is 493. The summed E-state index contributed by atoms with van der Waals surface area (Å²) in [6.07, 6.45) is 0.961. The Morgan fingerprint density at radius 3 is 2.86 bits per heavy atom. The zero-order valence-electron chi connectivity index (χ0n) is 7.96. The molecule has 0 bridgehead atoms. The molecule has 0 aromatic carbocycles. The Morgan fingerprint density at radius 1 is 1.64 bits per heavy atom. The van der Waals surface area contributed by atoms with Crippen molar-refractivity contribution in [1.29, 1.82) is 0 Å². The third kappa shape index (κ3) is 1.23. The first kappa shape index (κ1) is 9.27. The van der Waals surface area contributed by atoms with Crippen LogP contribution in [0.3, 0.4) is 0 Å². The number of carboxylic acid groups (broad SMARTS) is 1. The van der Waals surface area contributed by atoms with Gasteiger partial charge in [-0.1, -0.05) is 6.92 Å². The van der Waals surface area contributed by atoms with Gasteiger partial charge in [0.05, 0.1) is 4.70 Å². The fraction of sp³-hybridized carbons (Fsp3) is 0.300. The molecule has 2 aromatic rings. The van der Waals surface area contributed by atoms with Gasteiger partial charge >= 0.3 is 5.97 Å². The van der Waals surface area contributed by atoms with Crippen LogP contribution in [0.15, 0.2) is 10.5 Å². The van der Waals surface area contributed by atoms with E-state index >= 15 is 0 Å². The maximum atomic E-state index is 10.6. The van der Waals surface area contributed by atoms with Crippen LogP contribution in [0.1, 0.15) is 27.9 Å². The lowest BCUT2D eigenvalue weighted by Gasteiger charge is -1.91. The van der Waals surface area contributed by atoms with Crippen LogP contribution in [-0.4, -0.2) is 11.1 Å². The van der Waals surface area contributed by atoms with E-state index in [1.54, 1.807) is 17.4 Å². The lowest BCUT2D eigenvalue weighted by atomic mass is 10.2. The monoisotopic (exact) mass is 210 g/mol. The molecular weight excluding hydrogens is 200 g/mol. The minimum atomic E-state index is -1.01. The lowest BCUT2D eigenvalue weighted by Crippen LogP contribution is -1.91. The Kier molecular flexibility index (Phi) is 2.07. The number of carboxylic acids is 1. The standard InChI is InChI=1S/C10H10O3S/c1-3-7-5(2)9-8(14-7)4-6(13-9)10(11)12/h4H,3H2,1-2H3,(H,11,12). The number of carbonyl (C=O) groups is 1. The van der Waals surface area contributed by atoms with Crippen molar-refractivity contribution in [2.45, 2.75) is 20.3 Å². The largest absolute Gasteiger partial charge is 0.475 e. The molecule has 2 heterocycles. The summed E-state index contributed by atoms with van der Waals surface area (Å²) >= 11 is 1.61. The van der Waals surface area contributed by atoms with Gasteiger partial charge in [0.1, 0.15) is 5.58 Å². The van der Waals surface area contributed by atoms with Gasteiger partial charge in [-0.25, -0.2) is 4.79 Å². The first-order valence-corrected chi connectivity index (χ1v) is 5.20. The molecule has 74 valence electrons. The van der Waals surface area contributed by atoms with Gasteiger partial charge < -0.3 is 9.52 Å². The summed E-state index contributed by atoms with van der Waals surface area (Å²) in [5, 5.41) is 8.73. The van der Waals surface area contributed by atoms with Crippen LogP contribution in [0.2, 0.25) is 0 Å². The van der Waals surface area contributed by atoms with Crippen LogP contribution in [0.25, 0.3) is 10.3 Å². The minimum absolute atomic E-state index is 0.0250. The van der Waals surface area contributed by atoms with Gasteiger partial charge in [-0.2, -0.15) is 0 Å². The van der Waals surface area contributed by atoms with Crippen LogP contribution in [0.4, 0.5) is 0 Å². The number of thiophene rings is 1. The maximum absolute atomic E-state index is 10.6. The zero-order valence-corrected chi connectivity index (χ0v) is 8.77. The molecule has 0 unspecified atom stereocenters. The predicted molar refractivity (Wildman–Crippen MR) is 55.2 cm³/mol. The van der Waals surface area contributed by atoms with Gasteiger partial charge in [0, 0.05) is 16.5 Å². The average molecular weight is 210 g/mol. The molecule has 0 aliphatic carbocycles. The summed E-state index contributed by atoms with van der Waals surface area (Å²) in [4.78, 5) is 11.9. The highest BCUT2D eigenvalue weighted by Gasteiger charge is 2.15. The summed E-state index contributed by atoms with van der Waals surface area (Å²) in [5.41, 5.74) is 1.80. The van der Waals surface area contributed by atoms with Crippen LogP contribution in [0, 0.1) is 6.92 Å². The first-order valence-electron chi connectivity index (χ1n) is 4.38. The van der Waals surface area contributed by atoms with Crippen molar-refractivity contribution in [3.8, 4) is 0 Å². The highest BCUT2D eigenvalue weighted by Crippen LogP contribution is 2.33. The Hall–Kier alpha value is -1.29. The quantitative estimate of drug-likeness (QED) is 0.828. The van der Waals surface area contributed by atoms with Crippen molar-refractivity contribution in [3.05, 3.63) is 22.3 Å². The molecule has 0 radical (unpaired) electrons. The molecule has 0 aliphatic heterocycles. The minimum Gasteiger partial charge on any atom is -0.475 e. The molecule has 0 saturated carbocycles. The van der Waals surface area contributed by atoms with Crippen molar-refractivity contribution >= 4 is 27.6 Å². The van der Waals surface area contributed by atoms with E-state index in [9.17, 15) is 4.79 Å². The second-order valence-corrected chi connectivity index (χ2v) is 4.25. The van der Waals surface area contributed by atoms with E-state index < -0.39 is 5.97 Å². The predicted octanol–water partition coefficient (Wildman–Crippen LogP) is 3.06. The van der Waals surface area contributed by atoms with E-state index in [1.807, 2.05) is 6.92 Å². The van der Waals surface area contributed by atoms with Gasteiger partial charge in [-0.05, 0) is 13.3 Å². The fourth-order valence-corrected chi connectivity index (χ4v) is 2.60. The van der Waals surface area contributed by atoms with E-state index in [0.29, 0.717) is 0 Å². The zero-order chi connectivity index (χ0) is 10.3. The van der Waals surface area contributed by atoms with Crippen molar-refractivity contribution in [2.75, 3.05) is 0 Å². The van der Waals surface area contributed by atoms with E-state index in [1.165, 1.54) is 4.88 Å². The first-order chi connectivity index (χ1) is 6.63. The second kappa shape index (κ2) is 3.13. The summed E-state index contributed by atoms with van der Waals surface area (Å²) < 4.78 is 6.18. The SMILES string of the molecule is CCc1sc2cc(C(=O)O)oc2c1C. The van der Waals surface area contributed by atoms with Gasteiger partial charge in [-0.3, -0.25) is 0 Å². The van der Waals surface area contributed by atoms with Crippen LogP contribution in [-0.2, 0) is 6.42 Å². The fourth-order valence-electron chi connectivity index (χ4n) is 1.49. The molecule has 4 heteroatoms. The molecule has 2 rings (SSSR count). The number of fused-ring (bicyclic) bond motifs is 1. The molecule has 14 heavy (non-hydrogen) atoms. The molecule has 3 nitrogen and oxygen atoms in total. The van der Waals surface area contributed by atoms with Crippen LogP contribution in [0.5, 0.6) is 0 Å². The van der Waals surface area contributed by atoms with E-state index in [2.05, 4.69) is 6.92 Å². The lowest BCUT2D eigenvalue weighted by molar-refractivity contribution is 0.0665. The van der Waals surface area contributed by atoms with Crippen molar-refractivity contribution in [2.24, 2.45) is 0 Å². The molecule has 0 spiro atoms. The average Bonchev–Trinajstić information content (AvgIpc) is 2.66. The third-order valence-electron chi connectivity index (χ3n) is 2.22. The number of aromatic carboxylic acids is 1. The van der Waals surface area contributed by atoms with Gasteiger partial charge in [0.25, 0.3) is 0 Å². The van der Waals surface area contributed by atoms with Crippen LogP contribution < -0.4 is 0 Å². The topological polar surface area (TPSA) is 50.4 Å². The molecule has 2 aromatic heterocycles. The van der Waals surface area contributed by atoms with Gasteiger partial charge in [-0.15, -0.1) is 11.3 Å². The summed E-state index contributed by atoms with van der Waals surface area (Å²) in [6, 6.07) is 1.59. The number of rotatable bonds is 2. The van der Waals surface area contributed by atoms with Gasteiger partial charge in [0.2, 0.25) is 5.76 Å². The normalized spacial score (nSPS) is 11.0. The van der Waals surface area contributed by atoms with Crippen molar-refractivity contribution in [3.63, 3.8) is 0 Å². The third-order valence-corrected chi connectivity index (χ3v) is 3.59. The van der Waals surface area contributed by atoms with E-state index in [-0.39, 0.29) is 5.76 Å². The Morgan fingerprint density at radius 2 is 2.36 bits per heavy atom. The molecular formula is C10H10O3S.